The second-order valence-electron chi connectivity index (χ2n) is 5.87. The Labute approximate surface area is 136 Å². The van der Waals surface area contributed by atoms with Crippen LogP contribution in [0.2, 0.25) is 0 Å². The van der Waals surface area contributed by atoms with E-state index in [9.17, 15) is 18.3 Å². The molecule has 2 unspecified atom stereocenters. The van der Waals surface area contributed by atoms with Crippen molar-refractivity contribution in [2.75, 3.05) is 0 Å². The van der Waals surface area contributed by atoms with Crippen molar-refractivity contribution in [3.05, 3.63) is 59.2 Å². The van der Waals surface area contributed by atoms with Crippen LogP contribution in [0.5, 0.6) is 5.75 Å². The molecule has 2 aromatic rings. The van der Waals surface area contributed by atoms with Gasteiger partial charge in [0.15, 0.2) is 0 Å². The van der Waals surface area contributed by atoms with Gasteiger partial charge in [0.2, 0.25) is 0 Å². The Hall–Kier alpha value is -1.54. The van der Waals surface area contributed by atoms with Gasteiger partial charge in [0.05, 0.1) is 5.56 Å². The Balaban J connectivity index is 2.50. The third kappa shape index (κ3) is 3.87. The highest BCUT2D eigenvalue weighted by Gasteiger charge is 2.36. The molecule has 0 saturated carbocycles. The van der Waals surface area contributed by atoms with Crippen LogP contribution in [0, 0.1) is 6.92 Å². The highest BCUT2D eigenvalue weighted by atomic mass is 31.1. The molecular weight excluding hydrogens is 320 g/mol. The molecule has 2 aromatic carbocycles. The zero-order valence-corrected chi connectivity index (χ0v) is 14.3. The van der Waals surface area contributed by atoms with Gasteiger partial charge < -0.3 is 5.11 Å². The first-order chi connectivity index (χ1) is 10.7. The number of aryl methyl sites for hydroxylation is 1. The van der Waals surface area contributed by atoms with Crippen LogP contribution in [0.4, 0.5) is 13.2 Å². The van der Waals surface area contributed by atoms with Gasteiger partial charge in [-0.25, -0.2) is 0 Å². The fraction of sp³-hybridized carbons (Fsp3) is 0.333. The number of rotatable bonds is 4. The number of phenolic OH excluding ortho intramolecular Hbond substituents is 1. The molecule has 23 heavy (non-hydrogen) atoms. The van der Waals surface area contributed by atoms with E-state index < -0.39 is 16.9 Å². The van der Waals surface area contributed by atoms with Gasteiger partial charge in [0.1, 0.15) is 5.75 Å². The van der Waals surface area contributed by atoms with Gasteiger partial charge in [0, 0.05) is 10.7 Å². The van der Waals surface area contributed by atoms with E-state index in [1.54, 1.807) is 18.2 Å². The lowest BCUT2D eigenvalue weighted by Crippen LogP contribution is -2.23. The monoisotopic (exact) mass is 340 g/mol. The van der Waals surface area contributed by atoms with E-state index >= 15 is 0 Å². The van der Waals surface area contributed by atoms with E-state index in [0.29, 0.717) is 12.0 Å². The standard InChI is InChI=1S/C18H20F3OP/c1-4-17(3,14-11-12(2)9-10-15(14)22)23-16-8-6-5-7-13(16)18(19,20)21/h5-11,22-23H,4H2,1-3H3. The summed E-state index contributed by atoms with van der Waals surface area (Å²) in [5.74, 6) is 0.136. The van der Waals surface area contributed by atoms with Gasteiger partial charge in [-0.15, -0.1) is 0 Å². The molecule has 0 aliphatic rings. The maximum Gasteiger partial charge on any atom is 0.417 e. The molecule has 0 radical (unpaired) electrons. The maximum atomic E-state index is 13.2. The zero-order chi connectivity index (χ0) is 17.3. The summed E-state index contributed by atoms with van der Waals surface area (Å²) in [4.78, 5) is 0. The van der Waals surface area contributed by atoms with Crippen molar-refractivity contribution in [3.8, 4) is 5.75 Å². The summed E-state index contributed by atoms with van der Waals surface area (Å²) in [5.41, 5.74) is 1.09. The minimum atomic E-state index is -4.37. The highest BCUT2D eigenvalue weighted by molar-refractivity contribution is 7.48. The lowest BCUT2D eigenvalue weighted by Gasteiger charge is -2.31. The third-order valence-corrected chi connectivity index (χ3v) is 5.98. The molecule has 0 aliphatic heterocycles. The fourth-order valence-electron chi connectivity index (χ4n) is 2.57. The molecule has 2 atom stereocenters. The van der Waals surface area contributed by atoms with Crippen LogP contribution in [0.3, 0.4) is 0 Å². The molecule has 0 heterocycles. The number of halogens is 3. The summed E-state index contributed by atoms with van der Waals surface area (Å²) in [6.45, 7) is 5.75. The van der Waals surface area contributed by atoms with E-state index in [4.69, 9.17) is 0 Å². The van der Waals surface area contributed by atoms with Crippen molar-refractivity contribution in [2.45, 2.75) is 38.5 Å². The summed E-state index contributed by atoms with van der Waals surface area (Å²) < 4.78 is 39.7. The van der Waals surface area contributed by atoms with Gasteiger partial charge in [-0.2, -0.15) is 13.2 Å². The van der Waals surface area contributed by atoms with Gasteiger partial charge >= 0.3 is 6.18 Å². The minimum absolute atomic E-state index is 0.0889. The number of hydrogen-bond acceptors (Lipinski definition) is 1. The minimum Gasteiger partial charge on any atom is -0.508 e. The first-order valence-electron chi connectivity index (χ1n) is 7.42. The van der Waals surface area contributed by atoms with E-state index in [0.717, 1.165) is 11.6 Å². The van der Waals surface area contributed by atoms with E-state index in [1.807, 2.05) is 26.8 Å². The number of hydrogen-bond donors (Lipinski definition) is 1. The van der Waals surface area contributed by atoms with E-state index in [1.165, 1.54) is 12.1 Å². The number of alkyl halides is 3. The Morgan fingerprint density at radius 1 is 1.04 bits per heavy atom. The molecule has 0 spiro atoms. The molecule has 1 nitrogen and oxygen atoms in total. The highest BCUT2D eigenvalue weighted by Crippen LogP contribution is 2.48. The maximum absolute atomic E-state index is 13.2. The van der Waals surface area contributed by atoms with Crippen molar-refractivity contribution in [2.24, 2.45) is 0 Å². The second-order valence-corrected chi connectivity index (χ2v) is 7.77. The lowest BCUT2D eigenvalue weighted by molar-refractivity contribution is -0.136. The summed E-state index contributed by atoms with van der Waals surface area (Å²) in [6.07, 6.45) is -3.73. The number of benzene rings is 2. The average molecular weight is 340 g/mol. The normalized spacial score (nSPS) is 15.0. The quantitative estimate of drug-likeness (QED) is 0.744. The van der Waals surface area contributed by atoms with Crippen LogP contribution in [-0.4, -0.2) is 5.11 Å². The number of phenols is 1. The van der Waals surface area contributed by atoms with Crippen molar-refractivity contribution in [1.29, 1.82) is 0 Å². The van der Waals surface area contributed by atoms with Crippen molar-refractivity contribution in [1.82, 2.24) is 0 Å². The smallest absolute Gasteiger partial charge is 0.417 e. The van der Waals surface area contributed by atoms with E-state index in [2.05, 4.69) is 0 Å². The Bertz CT molecular complexity index is 697. The van der Waals surface area contributed by atoms with E-state index in [-0.39, 0.29) is 19.6 Å². The molecular formula is C18H20F3OP. The Morgan fingerprint density at radius 3 is 2.30 bits per heavy atom. The molecule has 2 rings (SSSR count). The molecule has 0 saturated heterocycles. The van der Waals surface area contributed by atoms with Crippen LogP contribution in [-0.2, 0) is 11.3 Å². The average Bonchev–Trinajstić information content (AvgIpc) is 2.49. The largest absolute Gasteiger partial charge is 0.508 e. The Kier molecular flexibility index (Phi) is 5.05. The SMILES string of the molecule is CCC(C)(Pc1ccccc1C(F)(F)F)c1cc(C)ccc1O. The first kappa shape index (κ1) is 17.8. The molecule has 1 N–H and O–H groups in total. The van der Waals surface area contributed by atoms with Crippen LogP contribution in [0.25, 0.3) is 0 Å². The third-order valence-electron chi connectivity index (χ3n) is 4.10. The summed E-state index contributed by atoms with van der Waals surface area (Å²) in [5, 5.41) is 9.93. The first-order valence-corrected chi connectivity index (χ1v) is 8.42. The molecule has 0 aromatic heterocycles. The van der Waals surface area contributed by atoms with Crippen molar-refractivity contribution >= 4 is 13.9 Å². The topological polar surface area (TPSA) is 20.2 Å². The summed E-state index contributed by atoms with van der Waals surface area (Å²) in [7, 11) is -0.0889. The van der Waals surface area contributed by atoms with Gasteiger partial charge in [-0.1, -0.05) is 58.3 Å². The summed E-state index contributed by atoms with van der Waals surface area (Å²) >= 11 is 0. The molecule has 0 aliphatic carbocycles. The predicted octanol–water partition coefficient (Wildman–Crippen LogP) is 5.35. The van der Waals surface area contributed by atoms with Crippen LogP contribution >= 0.6 is 8.58 Å². The molecule has 0 fully saturated rings. The molecule has 5 heteroatoms. The van der Waals surface area contributed by atoms with Gasteiger partial charge in [-0.3, -0.25) is 0 Å². The van der Waals surface area contributed by atoms with Crippen LogP contribution in [0.1, 0.15) is 37.0 Å². The van der Waals surface area contributed by atoms with Crippen LogP contribution < -0.4 is 5.30 Å². The second kappa shape index (κ2) is 6.52. The van der Waals surface area contributed by atoms with Gasteiger partial charge in [-0.05, 0) is 30.8 Å². The molecule has 0 bridgehead atoms. The van der Waals surface area contributed by atoms with Crippen molar-refractivity contribution < 1.29 is 18.3 Å². The number of aromatic hydroxyl groups is 1. The molecule has 124 valence electrons. The Morgan fingerprint density at radius 2 is 1.70 bits per heavy atom. The predicted molar refractivity (Wildman–Crippen MR) is 89.9 cm³/mol. The molecule has 0 amide bonds. The van der Waals surface area contributed by atoms with Crippen LogP contribution in [0.15, 0.2) is 42.5 Å². The summed E-state index contributed by atoms with van der Waals surface area (Å²) in [6, 6.07) is 11.0. The lowest BCUT2D eigenvalue weighted by atomic mass is 9.95. The zero-order valence-electron chi connectivity index (χ0n) is 13.3. The van der Waals surface area contributed by atoms with Crippen molar-refractivity contribution in [3.63, 3.8) is 0 Å². The fourth-order valence-corrected chi connectivity index (χ4v) is 4.22. The van der Waals surface area contributed by atoms with Gasteiger partial charge in [0.25, 0.3) is 0 Å².